The van der Waals surface area contributed by atoms with E-state index in [-0.39, 0.29) is 12.1 Å². The summed E-state index contributed by atoms with van der Waals surface area (Å²) in [6.45, 7) is 1.94. The van der Waals surface area contributed by atoms with Gasteiger partial charge in [-0.1, -0.05) is 23.7 Å². The minimum Gasteiger partial charge on any atom is -0.482 e. The van der Waals surface area contributed by atoms with Gasteiger partial charge >= 0.3 is 0 Å². The van der Waals surface area contributed by atoms with Crippen molar-refractivity contribution in [1.29, 1.82) is 0 Å². The van der Waals surface area contributed by atoms with Crippen molar-refractivity contribution in [1.82, 2.24) is 0 Å². The van der Waals surface area contributed by atoms with Gasteiger partial charge in [0.2, 0.25) is 0 Å². The van der Waals surface area contributed by atoms with E-state index in [0.717, 1.165) is 19.9 Å². The molecule has 0 saturated carbocycles. The lowest BCUT2D eigenvalue weighted by Crippen LogP contribution is -2.28. The number of ether oxygens (including phenoxy) is 1. The molecule has 2 aromatic rings. The van der Waals surface area contributed by atoms with Gasteiger partial charge in [0.1, 0.15) is 11.9 Å². The van der Waals surface area contributed by atoms with Crippen molar-refractivity contribution in [3.05, 3.63) is 45.6 Å². The second-order valence-corrected chi connectivity index (χ2v) is 6.79. The maximum absolute atomic E-state index is 6.10. The smallest absolute Gasteiger partial charge is 0.148 e. The van der Waals surface area contributed by atoms with Gasteiger partial charge in [0.15, 0.2) is 0 Å². The van der Waals surface area contributed by atoms with E-state index in [1.165, 1.54) is 11.3 Å². The third-order valence-electron chi connectivity index (χ3n) is 2.67. The van der Waals surface area contributed by atoms with Crippen LogP contribution >= 0.6 is 34.7 Å². The van der Waals surface area contributed by atoms with Gasteiger partial charge in [0, 0.05) is 15.8 Å². The summed E-state index contributed by atoms with van der Waals surface area (Å²) >= 11 is 9.16. The molecule has 1 aromatic carbocycles. The third-order valence-corrected chi connectivity index (χ3v) is 4.74. The van der Waals surface area contributed by atoms with E-state index < -0.39 is 0 Å². The summed E-state index contributed by atoms with van der Waals surface area (Å²) in [6.07, 6.45) is 1.86. The Morgan fingerprint density at radius 2 is 2.00 bits per heavy atom. The molecule has 2 N–H and O–H groups in total. The quantitative estimate of drug-likeness (QED) is 0.820. The molecule has 2 nitrogen and oxygen atoms in total. The van der Waals surface area contributed by atoms with Crippen LogP contribution in [0.15, 0.2) is 41.3 Å². The predicted molar refractivity (Wildman–Crippen MR) is 84.6 cm³/mol. The number of nitrogens with two attached hydrogens (primary N) is 1. The Bertz CT molecular complexity index is 542. The number of thioether (sulfide) groups is 1. The molecule has 102 valence electrons. The maximum atomic E-state index is 6.10. The number of hydrogen-bond acceptors (Lipinski definition) is 4. The lowest BCUT2D eigenvalue weighted by molar-refractivity contribution is 0.179. The van der Waals surface area contributed by atoms with Crippen LogP contribution in [0.5, 0.6) is 5.75 Å². The van der Waals surface area contributed by atoms with E-state index in [1.807, 2.05) is 49.6 Å². The Morgan fingerprint density at radius 3 is 2.58 bits per heavy atom. The molecule has 0 amide bonds. The topological polar surface area (TPSA) is 35.2 Å². The molecule has 0 bridgehead atoms. The number of thiophene rings is 1. The molecule has 2 rings (SSSR count). The Morgan fingerprint density at radius 1 is 1.26 bits per heavy atom. The third kappa shape index (κ3) is 3.66. The first-order valence-electron chi connectivity index (χ1n) is 5.92. The highest BCUT2D eigenvalue weighted by Gasteiger charge is 2.21. The molecule has 1 heterocycles. The van der Waals surface area contributed by atoms with Crippen LogP contribution in [0.2, 0.25) is 4.34 Å². The van der Waals surface area contributed by atoms with Crippen LogP contribution in [0.1, 0.15) is 17.9 Å². The highest BCUT2D eigenvalue weighted by Crippen LogP contribution is 2.35. The minimum atomic E-state index is -0.175. The van der Waals surface area contributed by atoms with E-state index in [4.69, 9.17) is 22.1 Å². The monoisotopic (exact) mass is 313 g/mol. The summed E-state index contributed by atoms with van der Waals surface area (Å²) in [6, 6.07) is 11.7. The maximum Gasteiger partial charge on any atom is 0.148 e. The van der Waals surface area contributed by atoms with Crippen molar-refractivity contribution in [2.45, 2.75) is 24.0 Å². The van der Waals surface area contributed by atoms with Crippen LogP contribution in [0.4, 0.5) is 0 Å². The Kier molecular flexibility index (Phi) is 5.16. The van der Waals surface area contributed by atoms with Crippen molar-refractivity contribution >= 4 is 34.7 Å². The first-order valence-corrected chi connectivity index (χ1v) is 8.34. The number of hydrogen-bond donors (Lipinski definition) is 1. The summed E-state index contributed by atoms with van der Waals surface area (Å²) in [5.74, 6) is 0.863. The van der Waals surface area contributed by atoms with Crippen LogP contribution in [-0.4, -0.2) is 12.3 Å². The van der Waals surface area contributed by atoms with Crippen LogP contribution in [-0.2, 0) is 0 Å². The van der Waals surface area contributed by atoms with E-state index in [1.54, 1.807) is 11.8 Å². The van der Waals surface area contributed by atoms with Gasteiger partial charge in [-0.15, -0.1) is 23.1 Å². The van der Waals surface area contributed by atoms with Gasteiger partial charge in [-0.2, -0.15) is 0 Å². The Balaban J connectivity index is 2.26. The Hall–Kier alpha value is -0.680. The minimum absolute atomic E-state index is 0.107. The zero-order valence-corrected chi connectivity index (χ0v) is 13.2. The second-order valence-electron chi connectivity index (χ2n) is 4.19. The van der Waals surface area contributed by atoms with Gasteiger partial charge in [-0.3, -0.25) is 0 Å². The average molecular weight is 314 g/mol. The summed E-state index contributed by atoms with van der Waals surface area (Å²) in [5, 5.41) is 0. The number of halogens is 1. The molecule has 0 aliphatic rings. The first kappa shape index (κ1) is 14.7. The van der Waals surface area contributed by atoms with E-state index >= 15 is 0 Å². The van der Waals surface area contributed by atoms with E-state index in [0.29, 0.717) is 0 Å². The van der Waals surface area contributed by atoms with Crippen LogP contribution in [0, 0.1) is 0 Å². The molecule has 0 saturated heterocycles. The molecule has 0 aliphatic carbocycles. The summed E-state index contributed by atoms with van der Waals surface area (Å²) in [7, 11) is 0. The molecule has 1 aromatic heterocycles. The Labute approximate surface area is 126 Å². The fourth-order valence-electron chi connectivity index (χ4n) is 1.76. The fourth-order valence-corrected chi connectivity index (χ4v) is 3.50. The number of rotatable bonds is 5. The van der Waals surface area contributed by atoms with Crippen LogP contribution in [0.3, 0.4) is 0 Å². The van der Waals surface area contributed by atoms with Crippen molar-refractivity contribution in [2.24, 2.45) is 5.73 Å². The van der Waals surface area contributed by atoms with Crippen LogP contribution < -0.4 is 10.5 Å². The van der Waals surface area contributed by atoms with Gasteiger partial charge < -0.3 is 10.5 Å². The van der Waals surface area contributed by atoms with E-state index in [9.17, 15) is 0 Å². The molecular weight excluding hydrogens is 298 g/mol. The zero-order chi connectivity index (χ0) is 13.8. The predicted octanol–water partition coefficient (Wildman–Crippen LogP) is 4.59. The fraction of sp³-hybridized carbons (Fsp3) is 0.286. The largest absolute Gasteiger partial charge is 0.482 e. The van der Waals surface area contributed by atoms with Crippen molar-refractivity contribution in [2.75, 3.05) is 6.26 Å². The molecular formula is C14H16ClNOS2. The zero-order valence-electron chi connectivity index (χ0n) is 10.8. The lowest BCUT2D eigenvalue weighted by atomic mass is 10.1. The van der Waals surface area contributed by atoms with Crippen LogP contribution in [0.25, 0.3) is 0 Å². The molecule has 5 heteroatoms. The highest BCUT2D eigenvalue weighted by molar-refractivity contribution is 7.98. The highest BCUT2D eigenvalue weighted by atomic mass is 35.5. The van der Waals surface area contributed by atoms with Gasteiger partial charge in [-0.25, -0.2) is 0 Å². The van der Waals surface area contributed by atoms with Crippen molar-refractivity contribution in [3.8, 4) is 5.75 Å². The standard InChI is InChI=1S/C14H16ClNOS2/c1-9(16)14(12-7-8-13(15)19-12)17-10-5-3-4-6-11(10)18-2/h3-9,14H,16H2,1-2H3. The number of benzene rings is 1. The van der Waals surface area contributed by atoms with Gasteiger partial charge in [0.05, 0.1) is 4.34 Å². The molecule has 0 spiro atoms. The molecule has 0 aliphatic heterocycles. The molecule has 2 unspecified atom stereocenters. The summed E-state index contributed by atoms with van der Waals surface area (Å²) in [5.41, 5.74) is 6.05. The summed E-state index contributed by atoms with van der Waals surface area (Å²) in [4.78, 5) is 2.16. The SMILES string of the molecule is CSc1ccccc1OC(c1ccc(Cl)s1)C(C)N. The second kappa shape index (κ2) is 6.66. The van der Waals surface area contributed by atoms with Gasteiger partial charge in [-0.05, 0) is 37.4 Å². The average Bonchev–Trinajstić information content (AvgIpc) is 2.82. The van der Waals surface area contributed by atoms with Gasteiger partial charge in [0.25, 0.3) is 0 Å². The lowest BCUT2D eigenvalue weighted by Gasteiger charge is -2.22. The molecule has 19 heavy (non-hydrogen) atoms. The number of para-hydroxylation sites is 1. The molecule has 0 fully saturated rings. The van der Waals surface area contributed by atoms with Crippen molar-refractivity contribution in [3.63, 3.8) is 0 Å². The summed E-state index contributed by atoms with van der Waals surface area (Å²) < 4.78 is 6.86. The molecule has 0 radical (unpaired) electrons. The molecule has 2 atom stereocenters. The normalized spacial score (nSPS) is 14.1. The van der Waals surface area contributed by atoms with E-state index in [2.05, 4.69) is 0 Å². The first-order chi connectivity index (χ1) is 9.11. The van der Waals surface area contributed by atoms with Crippen molar-refractivity contribution < 1.29 is 4.74 Å².